The van der Waals surface area contributed by atoms with Gasteiger partial charge >= 0.3 is 0 Å². The van der Waals surface area contributed by atoms with Gasteiger partial charge in [-0.2, -0.15) is 5.10 Å². The highest BCUT2D eigenvalue weighted by Crippen LogP contribution is 2.31. The van der Waals surface area contributed by atoms with E-state index < -0.39 is 0 Å². The van der Waals surface area contributed by atoms with Crippen LogP contribution < -0.4 is 5.32 Å². The Morgan fingerprint density at radius 3 is 2.73 bits per heavy atom. The van der Waals surface area contributed by atoms with Gasteiger partial charge in [0.05, 0.1) is 23.6 Å². The molecule has 1 aliphatic rings. The molecule has 0 radical (unpaired) electrons. The third-order valence-corrected chi connectivity index (χ3v) is 6.50. The lowest BCUT2D eigenvalue weighted by Crippen LogP contribution is -2.29. The Morgan fingerprint density at radius 2 is 2.03 bits per heavy atom. The second-order valence-corrected chi connectivity index (χ2v) is 9.29. The van der Waals surface area contributed by atoms with Crippen LogP contribution in [-0.4, -0.2) is 20.7 Å². The molecule has 2 heterocycles. The number of aromatic nitrogens is 3. The smallest absolute Gasteiger partial charge is 0.252 e. The quantitative estimate of drug-likeness (QED) is 0.341. The molecule has 0 aliphatic heterocycles. The fourth-order valence-electron chi connectivity index (χ4n) is 4.03. The summed E-state index contributed by atoms with van der Waals surface area (Å²) in [6.45, 7) is 4.25. The molecule has 7 heteroatoms. The van der Waals surface area contributed by atoms with Gasteiger partial charge in [0.25, 0.3) is 5.91 Å². The summed E-state index contributed by atoms with van der Waals surface area (Å²) in [6, 6.07) is 11.4. The minimum absolute atomic E-state index is 0.0935. The summed E-state index contributed by atoms with van der Waals surface area (Å²) >= 11 is 9.52. The standard InChI is InChI=1S/C26H26BrClN4O/c1-3-5-23(18-12-13-29-25(27)15-18)31-26(33)21-11-6-17(4-2)14-24-22(21)16-30-32(24)20-9-7-19(28)8-10-20/h7-16,23H,3-6H2,1-2H3,(H,31,33). The molecule has 0 spiro atoms. The number of benzene rings is 1. The first kappa shape index (κ1) is 23.5. The van der Waals surface area contributed by atoms with Crippen molar-refractivity contribution < 1.29 is 4.79 Å². The van der Waals surface area contributed by atoms with E-state index in [0.717, 1.165) is 52.8 Å². The molecule has 170 valence electrons. The first-order valence-corrected chi connectivity index (χ1v) is 12.3. The number of hydrogen-bond acceptors (Lipinski definition) is 3. The van der Waals surface area contributed by atoms with Crippen LogP contribution in [0, 0.1) is 0 Å². The number of hydrogen-bond donors (Lipinski definition) is 1. The van der Waals surface area contributed by atoms with Gasteiger partial charge in [0, 0.05) is 22.4 Å². The van der Waals surface area contributed by atoms with Gasteiger partial charge in [-0.3, -0.25) is 4.79 Å². The number of carbonyl (C=O) groups excluding carboxylic acids is 1. The van der Waals surface area contributed by atoms with Gasteiger partial charge in [-0.25, -0.2) is 9.67 Å². The Bertz CT molecular complexity index is 1210. The molecule has 1 unspecified atom stereocenters. The molecule has 1 amide bonds. The number of carbonyl (C=O) groups is 1. The SMILES string of the molecule is CCCC(NC(=O)C1=CCC(CC)=Cc2c1cnn2-c1ccc(Cl)cc1)c1ccnc(Br)c1. The minimum Gasteiger partial charge on any atom is -0.345 e. The van der Waals surface area contributed by atoms with Crippen molar-refractivity contribution in [2.45, 2.75) is 45.6 Å². The van der Waals surface area contributed by atoms with E-state index in [1.807, 2.05) is 47.2 Å². The molecule has 2 aromatic heterocycles. The second kappa shape index (κ2) is 10.5. The topological polar surface area (TPSA) is 59.8 Å². The van der Waals surface area contributed by atoms with Crippen LogP contribution in [0.2, 0.25) is 5.02 Å². The highest BCUT2D eigenvalue weighted by Gasteiger charge is 2.24. The zero-order valence-corrected chi connectivity index (χ0v) is 21.0. The van der Waals surface area contributed by atoms with E-state index in [2.05, 4.69) is 51.3 Å². The molecule has 33 heavy (non-hydrogen) atoms. The van der Waals surface area contributed by atoms with E-state index in [9.17, 15) is 4.79 Å². The van der Waals surface area contributed by atoms with E-state index in [0.29, 0.717) is 10.6 Å². The van der Waals surface area contributed by atoms with Crippen molar-refractivity contribution >= 4 is 45.1 Å². The van der Waals surface area contributed by atoms with Crippen molar-refractivity contribution in [2.75, 3.05) is 0 Å². The summed E-state index contributed by atoms with van der Waals surface area (Å²) in [4.78, 5) is 17.8. The molecule has 0 saturated heterocycles. The van der Waals surface area contributed by atoms with E-state index in [-0.39, 0.29) is 11.9 Å². The van der Waals surface area contributed by atoms with Gasteiger partial charge in [0.2, 0.25) is 0 Å². The maximum absolute atomic E-state index is 13.6. The molecule has 1 N–H and O–H groups in total. The Labute approximate surface area is 207 Å². The number of halogens is 2. The monoisotopic (exact) mass is 524 g/mol. The van der Waals surface area contributed by atoms with Crippen LogP contribution in [0.15, 0.2) is 65.0 Å². The van der Waals surface area contributed by atoms with Crippen LogP contribution in [0.3, 0.4) is 0 Å². The van der Waals surface area contributed by atoms with Gasteiger partial charge in [-0.15, -0.1) is 0 Å². The minimum atomic E-state index is -0.0979. The molecule has 1 aliphatic carbocycles. The van der Waals surface area contributed by atoms with Crippen LogP contribution in [-0.2, 0) is 4.79 Å². The van der Waals surface area contributed by atoms with E-state index in [1.165, 1.54) is 5.57 Å². The largest absolute Gasteiger partial charge is 0.345 e. The van der Waals surface area contributed by atoms with Crippen LogP contribution in [0.1, 0.15) is 62.4 Å². The number of allylic oxidation sites excluding steroid dienone is 2. The fraction of sp³-hybridized carbons (Fsp3) is 0.269. The maximum atomic E-state index is 13.6. The summed E-state index contributed by atoms with van der Waals surface area (Å²) in [7, 11) is 0. The molecule has 0 bridgehead atoms. The molecule has 0 fully saturated rings. The number of nitrogens with zero attached hydrogens (tertiary/aromatic N) is 3. The molecule has 1 aromatic carbocycles. The summed E-state index contributed by atoms with van der Waals surface area (Å²) < 4.78 is 2.63. The van der Waals surface area contributed by atoms with Crippen molar-refractivity contribution in [3.05, 3.63) is 86.9 Å². The third kappa shape index (κ3) is 5.28. The average Bonchev–Trinajstić information content (AvgIpc) is 3.12. The molecule has 4 rings (SSSR count). The molecule has 5 nitrogen and oxygen atoms in total. The number of pyridine rings is 1. The lowest BCUT2D eigenvalue weighted by Gasteiger charge is -2.20. The summed E-state index contributed by atoms with van der Waals surface area (Å²) in [5.74, 6) is -0.0935. The van der Waals surface area contributed by atoms with Crippen LogP contribution in [0.5, 0.6) is 0 Å². The van der Waals surface area contributed by atoms with E-state index in [4.69, 9.17) is 11.6 Å². The maximum Gasteiger partial charge on any atom is 0.252 e. The van der Waals surface area contributed by atoms with Gasteiger partial charge in [0.15, 0.2) is 0 Å². The van der Waals surface area contributed by atoms with E-state index >= 15 is 0 Å². The molecular formula is C26H26BrClN4O. The highest BCUT2D eigenvalue weighted by atomic mass is 79.9. The summed E-state index contributed by atoms with van der Waals surface area (Å²) in [5.41, 5.74) is 5.58. The summed E-state index contributed by atoms with van der Waals surface area (Å²) in [6.07, 6.45) is 11.1. The number of fused-ring (bicyclic) bond motifs is 1. The van der Waals surface area contributed by atoms with Crippen molar-refractivity contribution in [3.8, 4) is 5.69 Å². The zero-order valence-electron chi connectivity index (χ0n) is 18.7. The van der Waals surface area contributed by atoms with E-state index in [1.54, 1.807) is 12.4 Å². The lowest BCUT2D eigenvalue weighted by atomic mass is 10.0. The molecular weight excluding hydrogens is 500 g/mol. The lowest BCUT2D eigenvalue weighted by molar-refractivity contribution is -0.116. The fourth-order valence-corrected chi connectivity index (χ4v) is 4.54. The van der Waals surface area contributed by atoms with Crippen molar-refractivity contribution in [2.24, 2.45) is 0 Å². The second-order valence-electron chi connectivity index (χ2n) is 8.04. The Hall–Kier alpha value is -2.70. The molecule has 1 atom stereocenters. The zero-order chi connectivity index (χ0) is 23.4. The third-order valence-electron chi connectivity index (χ3n) is 5.81. The van der Waals surface area contributed by atoms with Crippen molar-refractivity contribution in [1.82, 2.24) is 20.1 Å². The van der Waals surface area contributed by atoms with Crippen molar-refractivity contribution in [3.63, 3.8) is 0 Å². The van der Waals surface area contributed by atoms with Gasteiger partial charge in [-0.1, -0.05) is 43.5 Å². The number of rotatable bonds is 7. The van der Waals surface area contributed by atoms with Gasteiger partial charge in [0.1, 0.15) is 4.60 Å². The van der Waals surface area contributed by atoms with Crippen LogP contribution in [0.25, 0.3) is 17.3 Å². The number of amides is 1. The average molecular weight is 526 g/mol. The first-order valence-electron chi connectivity index (χ1n) is 11.2. The van der Waals surface area contributed by atoms with Crippen LogP contribution >= 0.6 is 27.5 Å². The Balaban J connectivity index is 1.69. The molecule has 0 saturated carbocycles. The summed E-state index contributed by atoms with van der Waals surface area (Å²) in [5, 5.41) is 8.55. The Kier molecular flexibility index (Phi) is 7.46. The highest BCUT2D eigenvalue weighted by molar-refractivity contribution is 9.10. The Morgan fingerprint density at radius 1 is 1.24 bits per heavy atom. The first-order chi connectivity index (χ1) is 16.0. The van der Waals surface area contributed by atoms with Crippen LogP contribution in [0.4, 0.5) is 0 Å². The molecule has 3 aromatic rings. The van der Waals surface area contributed by atoms with Gasteiger partial charge in [-0.05, 0) is 83.2 Å². The van der Waals surface area contributed by atoms with Gasteiger partial charge < -0.3 is 5.32 Å². The normalized spacial score (nSPS) is 14.1. The predicted octanol–water partition coefficient (Wildman–Crippen LogP) is 6.92. The predicted molar refractivity (Wildman–Crippen MR) is 137 cm³/mol. The number of nitrogens with one attached hydrogen (secondary N) is 1. The van der Waals surface area contributed by atoms with Crippen molar-refractivity contribution in [1.29, 1.82) is 0 Å².